The van der Waals surface area contributed by atoms with E-state index in [-0.39, 0.29) is 0 Å². The van der Waals surface area contributed by atoms with E-state index in [1.807, 2.05) is 41.3 Å². The SMILES string of the molecule is S=[C]N1CCc2c(OCCCCCOc3ccc(Cl)cc3)cccc21. The third kappa shape index (κ3) is 4.86. The Labute approximate surface area is 159 Å². The molecule has 0 atom stereocenters. The molecule has 1 aliphatic heterocycles. The van der Waals surface area contributed by atoms with Crippen LogP contribution in [0.15, 0.2) is 42.5 Å². The second kappa shape index (κ2) is 9.07. The van der Waals surface area contributed by atoms with Crippen LogP contribution >= 0.6 is 23.8 Å². The first-order chi connectivity index (χ1) is 12.3. The van der Waals surface area contributed by atoms with Crippen molar-refractivity contribution in [2.45, 2.75) is 25.7 Å². The maximum absolute atomic E-state index is 5.98. The van der Waals surface area contributed by atoms with Crippen LogP contribution < -0.4 is 14.4 Å². The van der Waals surface area contributed by atoms with E-state index in [9.17, 15) is 0 Å². The van der Waals surface area contributed by atoms with Crippen molar-refractivity contribution in [3.63, 3.8) is 0 Å². The van der Waals surface area contributed by atoms with Crippen molar-refractivity contribution in [1.29, 1.82) is 0 Å². The summed E-state index contributed by atoms with van der Waals surface area (Å²) in [4.78, 5) is 1.98. The van der Waals surface area contributed by atoms with Gasteiger partial charge in [-0.1, -0.05) is 29.9 Å². The van der Waals surface area contributed by atoms with Crippen LogP contribution in [0.25, 0.3) is 0 Å². The molecular formula is C20H21ClNO2S. The predicted molar refractivity (Wildman–Crippen MR) is 106 cm³/mol. The molecule has 0 spiro atoms. The molecule has 0 saturated heterocycles. The van der Waals surface area contributed by atoms with Gasteiger partial charge in [0.1, 0.15) is 17.0 Å². The van der Waals surface area contributed by atoms with Gasteiger partial charge in [-0.05, 0) is 62.1 Å². The Hall–Kier alpha value is -1.78. The first kappa shape index (κ1) is 18.0. The molecular weight excluding hydrogens is 354 g/mol. The highest BCUT2D eigenvalue weighted by atomic mass is 35.5. The molecule has 0 amide bonds. The van der Waals surface area contributed by atoms with Crippen LogP contribution in [-0.2, 0) is 6.42 Å². The van der Waals surface area contributed by atoms with Gasteiger partial charge in [0.2, 0.25) is 0 Å². The van der Waals surface area contributed by atoms with E-state index in [1.165, 1.54) is 5.56 Å². The topological polar surface area (TPSA) is 21.7 Å². The van der Waals surface area contributed by atoms with Crippen molar-refractivity contribution in [1.82, 2.24) is 0 Å². The largest absolute Gasteiger partial charge is 0.494 e. The molecule has 1 radical (unpaired) electrons. The molecule has 2 aromatic rings. The van der Waals surface area contributed by atoms with Crippen molar-refractivity contribution in [2.75, 3.05) is 24.7 Å². The molecule has 0 aliphatic carbocycles. The molecule has 25 heavy (non-hydrogen) atoms. The zero-order valence-corrected chi connectivity index (χ0v) is 15.6. The molecule has 0 unspecified atom stereocenters. The Morgan fingerprint density at radius 2 is 1.76 bits per heavy atom. The molecule has 1 aliphatic rings. The highest BCUT2D eigenvalue weighted by Crippen LogP contribution is 2.34. The van der Waals surface area contributed by atoms with E-state index in [0.29, 0.717) is 6.61 Å². The Kier molecular flexibility index (Phi) is 6.54. The molecule has 0 fully saturated rings. The second-order valence-corrected chi connectivity index (χ2v) is 6.58. The van der Waals surface area contributed by atoms with Gasteiger partial charge in [-0.15, -0.1) is 0 Å². The van der Waals surface area contributed by atoms with Crippen molar-refractivity contribution >= 4 is 35.0 Å². The van der Waals surface area contributed by atoms with E-state index < -0.39 is 0 Å². The number of unbranched alkanes of at least 4 members (excludes halogenated alkanes) is 2. The van der Waals surface area contributed by atoms with Gasteiger partial charge in [0, 0.05) is 22.8 Å². The van der Waals surface area contributed by atoms with Crippen LogP contribution in [0.2, 0.25) is 5.02 Å². The molecule has 5 heteroatoms. The molecule has 131 valence electrons. The first-order valence-corrected chi connectivity index (χ1v) is 9.35. The molecule has 3 rings (SSSR count). The van der Waals surface area contributed by atoms with Gasteiger partial charge in [-0.3, -0.25) is 0 Å². The first-order valence-electron chi connectivity index (χ1n) is 8.56. The maximum atomic E-state index is 5.98. The summed E-state index contributed by atoms with van der Waals surface area (Å²) in [6.45, 7) is 2.32. The van der Waals surface area contributed by atoms with Crippen molar-refractivity contribution in [3.05, 3.63) is 53.1 Å². The van der Waals surface area contributed by atoms with Crippen LogP contribution in [0.3, 0.4) is 0 Å². The number of anilines is 1. The van der Waals surface area contributed by atoms with Gasteiger partial charge >= 0.3 is 0 Å². The Balaban J connectivity index is 1.35. The minimum absolute atomic E-state index is 0.710. The standard InChI is InChI=1S/C20H21ClNO2S/c21-16-7-9-17(10-8-16)23-13-2-1-3-14-24-20-6-4-5-19-18(20)11-12-22(19)15-25/h4-10H,1-3,11-14H2. The zero-order chi connectivity index (χ0) is 17.5. The second-order valence-electron chi connectivity index (χ2n) is 5.96. The summed E-state index contributed by atoms with van der Waals surface area (Å²) < 4.78 is 11.7. The normalized spacial score (nSPS) is 12.8. The minimum atomic E-state index is 0.710. The third-order valence-corrected chi connectivity index (χ3v) is 4.70. The number of benzene rings is 2. The van der Waals surface area contributed by atoms with Crippen LogP contribution in [0.5, 0.6) is 11.5 Å². The van der Waals surface area contributed by atoms with E-state index in [0.717, 1.165) is 61.0 Å². The van der Waals surface area contributed by atoms with Crippen molar-refractivity contribution in [2.24, 2.45) is 0 Å². The highest BCUT2D eigenvalue weighted by Gasteiger charge is 2.21. The molecule has 0 bridgehead atoms. The fourth-order valence-electron chi connectivity index (χ4n) is 2.92. The summed E-state index contributed by atoms with van der Waals surface area (Å²) in [7, 11) is 0. The van der Waals surface area contributed by atoms with E-state index in [2.05, 4.69) is 11.6 Å². The van der Waals surface area contributed by atoms with Crippen molar-refractivity contribution in [3.8, 4) is 11.5 Å². The molecule has 1 heterocycles. The van der Waals surface area contributed by atoms with Gasteiger partial charge in [-0.2, -0.15) is 0 Å². The fourth-order valence-corrected chi connectivity index (χ4v) is 3.23. The predicted octanol–water partition coefficient (Wildman–Crippen LogP) is 5.16. The Morgan fingerprint density at radius 3 is 2.52 bits per heavy atom. The number of fused-ring (bicyclic) bond motifs is 1. The lowest BCUT2D eigenvalue weighted by Gasteiger charge is -2.13. The average Bonchev–Trinajstić information content (AvgIpc) is 3.06. The van der Waals surface area contributed by atoms with Gasteiger partial charge in [0.05, 0.1) is 13.2 Å². The molecule has 2 aromatic carbocycles. The van der Waals surface area contributed by atoms with Crippen molar-refractivity contribution < 1.29 is 9.47 Å². The van der Waals surface area contributed by atoms with Crippen LogP contribution in [-0.4, -0.2) is 25.2 Å². The summed E-state index contributed by atoms with van der Waals surface area (Å²) in [5, 5.41) is 0.725. The lowest BCUT2D eigenvalue weighted by Crippen LogP contribution is -2.15. The van der Waals surface area contributed by atoms with E-state index in [4.69, 9.17) is 33.3 Å². The number of rotatable bonds is 9. The Bertz CT molecular complexity index is 705. The minimum Gasteiger partial charge on any atom is -0.494 e. The molecule has 0 aromatic heterocycles. The molecule has 0 N–H and O–H groups in total. The summed E-state index contributed by atoms with van der Waals surface area (Å²) in [5.41, 5.74) is 5.16. The smallest absolute Gasteiger partial charge is 0.141 e. The highest BCUT2D eigenvalue weighted by molar-refractivity contribution is 7.79. The lowest BCUT2D eigenvalue weighted by molar-refractivity contribution is 0.278. The van der Waals surface area contributed by atoms with Crippen LogP contribution in [0, 0.1) is 0 Å². The summed E-state index contributed by atoms with van der Waals surface area (Å²) in [6.07, 6.45) is 4.05. The number of thiocarbonyl (C=S) groups is 1. The van der Waals surface area contributed by atoms with E-state index in [1.54, 1.807) is 0 Å². The summed E-state index contributed by atoms with van der Waals surface area (Å²) in [6, 6.07) is 13.6. The van der Waals surface area contributed by atoms with Gasteiger partial charge in [0.15, 0.2) is 0 Å². The maximum Gasteiger partial charge on any atom is 0.141 e. The third-order valence-electron chi connectivity index (χ3n) is 4.22. The number of hydrogen-bond donors (Lipinski definition) is 0. The van der Waals surface area contributed by atoms with Crippen LogP contribution in [0.1, 0.15) is 24.8 Å². The van der Waals surface area contributed by atoms with Gasteiger partial charge in [0.25, 0.3) is 0 Å². The quantitative estimate of drug-likeness (QED) is 0.446. The monoisotopic (exact) mass is 374 g/mol. The number of nitrogens with zero attached hydrogens (tertiary/aromatic N) is 1. The summed E-state index contributed by atoms with van der Waals surface area (Å²) in [5.74, 6) is 1.84. The number of halogens is 1. The summed E-state index contributed by atoms with van der Waals surface area (Å²) >= 11 is 10.8. The Morgan fingerprint density at radius 1 is 1.00 bits per heavy atom. The number of ether oxygens (including phenoxy) is 2. The van der Waals surface area contributed by atoms with Crippen LogP contribution in [0.4, 0.5) is 5.69 Å². The number of hydrogen-bond acceptors (Lipinski definition) is 3. The van der Waals surface area contributed by atoms with Gasteiger partial charge < -0.3 is 14.4 Å². The van der Waals surface area contributed by atoms with E-state index >= 15 is 0 Å². The zero-order valence-electron chi connectivity index (χ0n) is 14.0. The molecule has 0 saturated carbocycles. The average molecular weight is 375 g/mol. The van der Waals surface area contributed by atoms with Gasteiger partial charge in [-0.25, -0.2) is 0 Å². The lowest BCUT2D eigenvalue weighted by atomic mass is 10.1. The molecule has 3 nitrogen and oxygen atoms in total. The fraction of sp³-hybridized carbons (Fsp3) is 0.350.